The number of amides is 1. The minimum atomic E-state index is -0.442. The van der Waals surface area contributed by atoms with E-state index in [4.69, 9.17) is 5.73 Å². The van der Waals surface area contributed by atoms with Gasteiger partial charge in [-0.3, -0.25) is 4.79 Å². The van der Waals surface area contributed by atoms with Crippen LogP contribution in [0.5, 0.6) is 0 Å². The van der Waals surface area contributed by atoms with Gasteiger partial charge in [-0.2, -0.15) is 0 Å². The van der Waals surface area contributed by atoms with Gasteiger partial charge in [-0.15, -0.1) is 24.8 Å². The number of nitrogens with one attached hydrogen (secondary N) is 1. The van der Waals surface area contributed by atoms with E-state index in [0.717, 1.165) is 19.3 Å². The van der Waals surface area contributed by atoms with Crippen LogP contribution in [0.4, 0.5) is 0 Å². The number of hydrogen-bond donors (Lipinski definition) is 2. The first-order valence-electron chi connectivity index (χ1n) is 8.67. The fourth-order valence-electron chi connectivity index (χ4n) is 2.90. The molecule has 0 bridgehead atoms. The van der Waals surface area contributed by atoms with Crippen LogP contribution in [0, 0.1) is 5.41 Å². The van der Waals surface area contributed by atoms with Gasteiger partial charge >= 0.3 is 0 Å². The number of aryl methyl sites for hydroxylation is 1. The van der Waals surface area contributed by atoms with Crippen molar-refractivity contribution in [1.82, 2.24) is 10.2 Å². The molecule has 25 heavy (non-hydrogen) atoms. The third kappa shape index (κ3) is 6.78. The van der Waals surface area contributed by atoms with Crippen molar-refractivity contribution in [1.29, 1.82) is 0 Å². The number of hydrogen-bond acceptors (Lipinski definition) is 3. The molecule has 0 heterocycles. The molecule has 146 valence electrons. The number of nitrogens with two attached hydrogens (primary N) is 1. The van der Waals surface area contributed by atoms with Crippen molar-refractivity contribution in [3.63, 3.8) is 0 Å². The molecule has 1 aromatic rings. The SMILES string of the molecule is CCc1ccc(C(CNC(=O)C(CC)(CC)CN)N(C)C)cc1.Cl.Cl. The van der Waals surface area contributed by atoms with Gasteiger partial charge in [0.2, 0.25) is 5.91 Å². The van der Waals surface area contributed by atoms with E-state index in [2.05, 4.69) is 41.4 Å². The summed E-state index contributed by atoms with van der Waals surface area (Å²) in [6.07, 6.45) is 2.57. The number of likely N-dealkylation sites (N-methyl/N-ethyl adjacent to an activating group) is 1. The third-order valence-corrected chi connectivity index (χ3v) is 5.08. The first-order chi connectivity index (χ1) is 10.9. The van der Waals surface area contributed by atoms with Crippen LogP contribution < -0.4 is 11.1 Å². The molecule has 4 nitrogen and oxygen atoms in total. The largest absolute Gasteiger partial charge is 0.354 e. The van der Waals surface area contributed by atoms with Crippen LogP contribution in [-0.4, -0.2) is 38.0 Å². The Labute approximate surface area is 165 Å². The summed E-state index contributed by atoms with van der Waals surface area (Å²) in [5.74, 6) is 0.0713. The van der Waals surface area contributed by atoms with Gasteiger partial charge in [0.15, 0.2) is 0 Å². The van der Waals surface area contributed by atoms with Crippen molar-refractivity contribution in [2.75, 3.05) is 27.2 Å². The molecule has 3 N–H and O–H groups in total. The van der Waals surface area contributed by atoms with Gasteiger partial charge in [-0.1, -0.05) is 45.0 Å². The minimum Gasteiger partial charge on any atom is -0.354 e. The van der Waals surface area contributed by atoms with Crippen molar-refractivity contribution < 1.29 is 4.79 Å². The molecule has 0 saturated carbocycles. The van der Waals surface area contributed by atoms with E-state index in [9.17, 15) is 4.79 Å². The maximum atomic E-state index is 12.6. The first kappa shape index (κ1) is 26.4. The van der Waals surface area contributed by atoms with Crippen LogP contribution in [0.2, 0.25) is 0 Å². The highest BCUT2D eigenvalue weighted by Gasteiger charge is 2.33. The molecule has 0 aromatic heterocycles. The highest BCUT2D eigenvalue weighted by Crippen LogP contribution is 2.26. The Hall–Kier alpha value is -0.810. The zero-order valence-corrected chi connectivity index (χ0v) is 17.8. The lowest BCUT2D eigenvalue weighted by Crippen LogP contribution is -2.47. The number of halogens is 2. The summed E-state index contributed by atoms with van der Waals surface area (Å²) in [5, 5.41) is 3.12. The number of benzene rings is 1. The summed E-state index contributed by atoms with van der Waals surface area (Å²) in [6.45, 7) is 7.20. The molecule has 6 heteroatoms. The normalized spacial score (nSPS) is 12.1. The van der Waals surface area contributed by atoms with Crippen molar-refractivity contribution in [2.24, 2.45) is 11.1 Å². The summed E-state index contributed by atoms with van der Waals surface area (Å²) in [7, 11) is 4.08. The van der Waals surface area contributed by atoms with Crippen molar-refractivity contribution in [2.45, 2.75) is 46.1 Å². The van der Waals surface area contributed by atoms with Crippen molar-refractivity contribution >= 4 is 30.7 Å². The van der Waals surface area contributed by atoms with Crippen LogP contribution in [0.15, 0.2) is 24.3 Å². The predicted molar refractivity (Wildman–Crippen MR) is 112 cm³/mol. The zero-order valence-electron chi connectivity index (χ0n) is 16.2. The molecule has 1 amide bonds. The fourth-order valence-corrected chi connectivity index (χ4v) is 2.90. The smallest absolute Gasteiger partial charge is 0.227 e. The van der Waals surface area contributed by atoms with Crippen molar-refractivity contribution in [3.05, 3.63) is 35.4 Å². The Bertz CT molecular complexity index is 480. The molecule has 1 aromatic carbocycles. The average Bonchev–Trinajstić information content (AvgIpc) is 2.57. The van der Waals surface area contributed by atoms with E-state index >= 15 is 0 Å². The lowest BCUT2D eigenvalue weighted by atomic mass is 9.81. The molecular weight excluding hydrogens is 357 g/mol. The van der Waals surface area contributed by atoms with Crippen LogP contribution in [0.3, 0.4) is 0 Å². The van der Waals surface area contributed by atoms with Crippen LogP contribution in [0.25, 0.3) is 0 Å². The van der Waals surface area contributed by atoms with Gasteiger partial charge in [0.25, 0.3) is 0 Å². The van der Waals surface area contributed by atoms with Gasteiger partial charge < -0.3 is 16.0 Å². The molecule has 0 aliphatic heterocycles. The fraction of sp³-hybridized carbons (Fsp3) is 0.632. The molecular formula is C19H35Cl2N3O. The molecule has 0 aliphatic rings. The second kappa shape index (κ2) is 12.5. The molecule has 0 spiro atoms. The monoisotopic (exact) mass is 391 g/mol. The topological polar surface area (TPSA) is 58.4 Å². The van der Waals surface area contributed by atoms with E-state index in [-0.39, 0.29) is 36.8 Å². The molecule has 1 atom stereocenters. The Balaban J connectivity index is 0. The summed E-state index contributed by atoms with van der Waals surface area (Å²) >= 11 is 0. The molecule has 1 rings (SSSR count). The lowest BCUT2D eigenvalue weighted by molar-refractivity contribution is -0.131. The number of carbonyl (C=O) groups excluding carboxylic acids is 1. The maximum Gasteiger partial charge on any atom is 0.227 e. The van der Waals surface area contributed by atoms with Gasteiger partial charge in [-0.05, 0) is 44.5 Å². The molecule has 0 saturated heterocycles. The van der Waals surface area contributed by atoms with Crippen molar-refractivity contribution in [3.8, 4) is 0 Å². The van der Waals surface area contributed by atoms with E-state index in [0.29, 0.717) is 13.1 Å². The van der Waals surface area contributed by atoms with E-state index in [1.165, 1.54) is 11.1 Å². The zero-order chi connectivity index (χ0) is 17.5. The Morgan fingerprint density at radius 1 is 1.12 bits per heavy atom. The quantitative estimate of drug-likeness (QED) is 0.676. The average molecular weight is 392 g/mol. The number of rotatable bonds is 9. The highest BCUT2D eigenvalue weighted by molar-refractivity contribution is 5.85. The van der Waals surface area contributed by atoms with Gasteiger partial charge in [-0.25, -0.2) is 0 Å². The summed E-state index contributed by atoms with van der Waals surface area (Å²) < 4.78 is 0. The molecule has 1 unspecified atom stereocenters. The van der Waals surface area contributed by atoms with Gasteiger partial charge in [0.1, 0.15) is 0 Å². The Kier molecular flexibility index (Phi) is 13.2. The van der Waals surface area contributed by atoms with E-state index < -0.39 is 5.41 Å². The predicted octanol–water partition coefficient (Wildman–Crippen LogP) is 3.58. The number of carbonyl (C=O) groups is 1. The lowest BCUT2D eigenvalue weighted by Gasteiger charge is -2.31. The highest BCUT2D eigenvalue weighted by atomic mass is 35.5. The second-order valence-corrected chi connectivity index (χ2v) is 6.48. The van der Waals surface area contributed by atoms with Gasteiger partial charge in [0, 0.05) is 13.1 Å². The van der Waals surface area contributed by atoms with Crippen LogP contribution >= 0.6 is 24.8 Å². The first-order valence-corrected chi connectivity index (χ1v) is 8.67. The standard InChI is InChI=1S/C19H33N3O.2ClH/c1-6-15-9-11-16(12-10-15)17(22(4)5)13-21-18(23)19(7-2,8-3)14-20;;/h9-12,17H,6-8,13-14,20H2,1-5H3,(H,21,23);2*1H. The Morgan fingerprint density at radius 3 is 2.00 bits per heavy atom. The summed E-state index contributed by atoms with van der Waals surface area (Å²) in [6, 6.07) is 8.80. The second-order valence-electron chi connectivity index (χ2n) is 6.48. The third-order valence-electron chi connectivity index (χ3n) is 5.08. The number of nitrogens with zero attached hydrogens (tertiary/aromatic N) is 1. The van der Waals surface area contributed by atoms with E-state index in [1.807, 2.05) is 27.9 Å². The summed E-state index contributed by atoms with van der Waals surface area (Å²) in [4.78, 5) is 14.7. The minimum absolute atomic E-state index is 0. The van der Waals surface area contributed by atoms with Crippen LogP contribution in [0.1, 0.15) is 50.8 Å². The molecule has 0 fully saturated rings. The van der Waals surface area contributed by atoms with Gasteiger partial charge in [0.05, 0.1) is 11.5 Å². The van der Waals surface area contributed by atoms with Crippen LogP contribution in [-0.2, 0) is 11.2 Å². The Morgan fingerprint density at radius 2 is 1.64 bits per heavy atom. The van der Waals surface area contributed by atoms with E-state index in [1.54, 1.807) is 0 Å². The maximum absolute atomic E-state index is 12.6. The summed E-state index contributed by atoms with van der Waals surface area (Å²) in [5.41, 5.74) is 7.98. The molecule has 0 radical (unpaired) electrons. The molecule has 0 aliphatic carbocycles.